The summed E-state index contributed by atoms with van der Waals surface area (Å²) in [4.78, 5) is 24.4. The van der Waals surface area contributed by atoms with Crippen molar-refractivity contribution in [1.82, 2.24) is 9.62 Å². The van der Waals surface area contributed by atoms with Gasteiger partial charge in [0.1, 0.15) is 0 Å². The molecule has 1 amide bonds. The van der Waals surface area contributed by atoms with Gasteiger partial charge in [0, 0.05) is 30.6 Å². The minimum atomic E-state index is -3.61. The number of piperidine rings is 1. The summed E-state index contributed by atoms with van der Waals surface area (Å²) in [6.45, 7) is 4.28. The summed E-state index contributed by atoms with van der Waals surface area (Å²) in [5.74, 6) is 2.09. The van der Waals surface area contributed by atoms with Crippen molar-refractivity contribution in [2.45, 2.75) is 63.3 Å². The fourth-order valence-corrected chi connectivity index (χ4v) is 7.19. The van der Waals surface area contributed by atoms with Gasteiger partial charge in [-0.2, -0.15) is 4.31 Å². The lowest BCUT2D eigenvalue weighted by atomic mass is 9.83. The van der Waals surface area contributed by atoms with Crippen LogP contribution in [0.5, 0.6) is 0 Å². The molecule has 4 unspecified atom stereocenters. The lowest BCUT2D eigenvalue weighted by molar-refractivity contribution is -0.127. The van der Waals surface area contributed by atoms with Crippen LogP contribution in [0.1, 0.15) is 62.7 Å². The number of nitrogens with one attached hydrogen (secondary N) is 1. The quantitative estimate of drug-likeness (QED) is 0.700. The first-order valence-electron chi connectivity index (χ1n) is 11.2. The van der Waals surface area contributed by atoms with Crippen LogP contribution in [0.2, 0.25) is 0 Å². The third kappa shape index (κ3) is 4.19. The number of fused-ring (bicyclic) bond motifs is 2. The largest absolute Gasteiger partial charge is 0.353 e. The zero-order valence-corrected chi connectivity index (χ0v) is 18.7. The standard InChI is InChI=1S/C23H32N2O4S/c1-15(22-14-17-3-4-20(22)13-17)24-23(27)19-9-11-25(12-10-19)30(28,29)21-7-5-18(6-8-21)16(2)26/h5-8,15,17,19-20,22H,3-4,9-14H2,1-2H3,(H,24,27). The summed E-state index contributed by atoms with van der Waals surface area (Å²) in [7, 11) is -3.61. The second kappa shape index (κ2) is 8.42. The van der Waals surface area contributed by atoms with E-state index in [1.807, 2.05) is 0 Å². The van der Waals surface area contributed by atoms with E-state index in [1.165, 1.54) is 49.0 Å². The molecule has 2 bridgehead atoms. The molecule has 1 aliphatic heterocycles. The molecule has 30 heavy (non-hydrogen) atoms. The highest BCUT2D eigenvalue weighted by Gasteiger charge is 2.42. The number of carbonyl (C=O) groups is 2. The van der Waals surface area contributed by atoms with Gasteiger partial charge in [0.15, 0.2) is 5.78 Å². The molecule has 3 aliphatic rings. The molecule has 2 saturated carbocycles. The number of amides is 1. The van der Waals surface area contributed by atoms with Crippen LogP contribution in [0.15, 0.2) is 29.2 Å². The van der Waals surface area contributed by atoms with E-state index in [2.05, 4.69) is 12.2 Å². The van der Waals surface area contributed by atoms with Crippen molar-refractivity contribution in [3.63, 3.8) is 0 Å². The monoisotopic (exact) mass is 432 g/mol. The molecular weight excluding hydrogens is 400 g/mol. The van der Waals surface area contributed by atoms with Crippen molar-refractivity contribution >= 4 is 21.7 Å². The molecule has 0 spiro atoms. The van der Waals surface area contributed by atoms with Crippen molar-refractivity contribution in [3.8, 4) is 0 Å². The molecule has 4 rings (SSSR count). The topological polar surface area (TPSA) is 83.6 Å². The first kappa shape index (κ1) is 21.5. The summed E-state index contributed by atoms with van der Waals surface area (Å²) in [6, 6.07) is 6.28. The van der Waals surface area contributed by atoms with Crippen LogP contribution < -0.4 is 5.32 Å². The third-order valence-electron chi connectivity index (χ3n) is 7.53. The van der Waals surface area contributed by atoms with Gasteiger partial charge in [-0.05, 0) is 75.8 Å². The first-order chi connectivity index (χ1) is 14.3. The number of carbonyl (C=O) groups excluding carboxylic acids is 2. The van der Waals surface area contributed by atoms with Crippen molar-refractivity contribution in [2.75, 3.05) is 13.1 Å². The molecule has 1 heterocycles. The Morgan fingerprint density at radius 3 is 2.23 bits per heavy atom. The summed E-state index contributed by atoms with van der Waals surface area (Å²) in [5, 5.41) is 3.24. The highest BCUT2D eigenvalue weighted by Crippen LogP contribution is 2.49. The van der Waals surface area contributed by atoms with Crippen LogP contribution in [-0.4, -0.2) is 43.5 Å². The van der Waals surface area contributed by atoms with E-state index >= 15 is 0 Å². The van der Waals surface area contributed by atoms with Gasteiger partial charge >= 0.3 is 0 Å². The molecule has 164 valence electrons. The predicted octanol–water partition coefficient (Wildman–Crippen LogP) is 3.23. The van der Waals surface area contributed by atoms with Gasteiger partial charge in [-0.15, -0.1) is 0 Å². The molecule has 3 fully saturated rings. The fraction of sp³-hybridized carbons (Fsp3) is 0.652. The Labute approximate surface area is 179 Å². The molecule has 0 radical (unpaired) electrons. The van der Waals surface area contributed by atoms with E-state index in [-0.39, 0.29) is 28.5 Å². The van der Waals surface area contributed by atoms with E-state index in [4.69, 9.17) is 0 Å². The molecule has 4 atom stereocenters. The van der Waals surface area contributed by atoms with Gasteiger partial charge in [0.05, 0.1) is 4.90 Å². The first-order valence-corrected chi connectivity index (χ1v) is 12.6. The molecule has 1 saturated heterocycles. The Kier molecular flexibility index (Phi) is 6.04. The molecule has 7 heteroatoms. The van der Waals surface area contributed by atoms with Crippen molar-refractivity contribution < 1.29 is 18.0 Å². The normalized spacial score (nSPS) is 28.4. The smallest absolute Gasteiger partial charge is 0.243 e. The molecule has 0 aromatic heterocycles. The van der Waals surface area contributed by atoms with Crippen LogP contribution in [-0.2, 0) is 14.8 Å². The molecule has 6 nitrogen and oxygen atoms in total. The molecule has 1 N–H and O–H groups in total. The van der Waals surface area contributed by atoms with Gasteiger partial charge < -0.3 is 5.32 Å². The second-order valence-corrected chi connectivity index (χ2v) is 11.3. The van der Waals surface area contributed by atoms with Crippen LogP contribution in [0.3, 0.4) is 0 Å². The highest BCUT2D eigenvalue weighted by molar-refractivity contribution is 7.89. The van der Waals surface area contributed by atoms with E-state index in [0.29, 0.717) is 37.4 Å². The van der Waals surface area contributed by atoms with E-state index in [9.17, 15) is 18.0 Å². The number of ketones is 1. The molecule has 1 aromatic carbocycles. The van der Waals surface area contributed by atoms with Crippen molar-refractivity contribution in [1.29, 1.82) is 0 Å². The van der Waals surface area contributed by atoms with Gasteiger partial charge in [0.2, 0.25) is 15.9 Å². The summed E-state index contributed by atoms with van der Waals surface area (Å²) in [5.41, 5.74) is 0.494. The number of hydrogen-bond acceptors (Lipinski definition) is 4. The maximum atomic E-state index is 12.9. The van der Waals surface area contributed by atoms with Crippen LogP contribution in [0.25, 0.3) is 0 Å². The Bertz CT molecular complexity index is 904. The molecule has 1 aromatic rings. The Morgan fingerprint density at radius 1 is 1.03 bits per heavy atom. The van der Waals surface area contributed by atoms with Gasteiger partial charge in [-0.3, -0.25) is 9.59 Å². The average Bonchev–Trinajstić information content (AvgIpc) is 3.37. The zero-order chi connectivity index (χ0) is 21.5. The van der Waals surface area contributed by atoms with Crippen molar-refractivity contribution in [3.05, 3.63) is 29.8 Å². The minimum Gasteiger partial charge on any atom is -0.353 e. The Balaban J connectivity index is 1.31. The van der Waals surface area contributed by atoms with Gasteiger partial charge in [-0.25, -0.2) is 8.42 Å². The molecule has 2 aliphatic carbocycles. The lowest BCUT2D eigenvalue weighted by Gasteiger charge is -2.33. The summed E-state index contributed by atoms with van der Waals surface area (Å²) >= 11 is 0. The average molecular weight is 433 g/mol. The van der Waals surface area contributed by atoms with E-state index in [1.54, 1.807) is 12.1 Å². The lowest BCUT2D eigenvalue weighted by Crippen LogP contribution is -2.47. The number of rotatable bonds is 6. The number of hydrogen-bond donors (Lipinski definition) is 1. The SMILES string of the molecule is CC(=O)c1ccc(S(=O)(=O)N2CCC(C(=O)NC(C)C3CC4CCC3C4)CC2)cc1. The minimum absolute atomic E-state index is 0.0770. The number of nitrogens with zero attached hydrogens (tertiary/aromatic N) is 1. The van der Waals surface area contributed by atoms with Crippen LogP contribution >= 0.6 is 0 Å². The summed E-state index contributed by atoms with van der Waals surface area (Å²) in [6.07, 6.45) is 6.31. The zero-order valence-electron chi connectivity index (χ0n) is 17.8. The number of benzene rings is 1. The van der Waals surface area contributed by atoms with E-state index < -0.39 is 10.0 Å². The number of Topliss-reactive ketones (excluding diaryl/α,β-unsaturated/α-hetero) is 1. The van der Waals surface area contributed by atoms with Crippen molar-refractivity contribution in [2.24, 2.45) is 23.7 Å². The van der Waals surface area contributed by atoms with E-state index in [0.717, 1.165) is 11.8 Å². The van der Waals surface area contributed by atoms with Crippen LogP contribution in [0, 0.1) is 23.7 Å². The number of sulfonamides is 1. The maximum absolute atomic E-state index is 12.9. The molecular formula is C23H32N2O4S. The highest BCUT2D eigenvalue weighted by atomic mass is 32.2. The second-order valence-electron chi connectivity index (χ2n) is 9.39. The Hall–Kier alpha value is -1.73. The van der Waals surface area contributed by atoms with Crippen LogP contribution in [0.4, 0.5) is 0 Å². The van der Waals surface area contributed by atoms with Gasteiger partial charge in [-0.1, -0.05) is 18.6 Å². The fourth-order valence-electron chi connectivity index (χ4n) is 5.72. The van der Waals surface area contributed by atoms with Gasteiger partial charge in [0.25, 0.3) is 0 Å². The Morgan fingerprint density at radius 2 is 1.70 bits per heavy atom. The third-order valence-corrected chi connectivity index (χ3v) is 9.44. The predicted molar refractivity (Wildman–Crippen MR) is 114 cm³/mol. The maximum Gasteiger partial charge on any atom is 0.243 e. The summed E-state index contributed by atoms with van der Waals surface area (Å²) < 4.78 is 27.3.